The van der Waals surface area contributed by atoms with Crippen LogP contribution >= 0.6 is 12.0 Å². The maximum absolute atomic E-state index is 9.82. The molecule has 2 N–H and O–H groups in total. The molecule has 0 aliphatic carbocycles. The second kappa shape index (κ2) is 4.52. The van der Waals surface area contributed by atoms with E-state index in [2.05, 4.69) is 16.5 Å². The van der Waals surface area contributed by atoms with Gasteiger partial charge in [0.25, 0.3) is 0 Å². The average molecular weight is 133 g/mol. The predicted molar refractivity (Wildman–Crippen MR) is 33.3 cm³/mol. The quantitative estimate of drug-likeness (QED) is 0.354. The van der Waals surface area contributed by atoms with E-state index in [0.717, 1.165) is 12.0 Å². The summed E-state index contributed by atoms with van der Waals surface area (Å²) in [6.45, 7) is 3.40. The molecular weight excluding hydrogens is 126 g/mol. The lowest BCUT2D eigenvalue weighted by Crippen LogP contribution is -2.08. The summed E-state index contributed by atoms with van der Waals surface area (Å²) < 4.78 is 4.27. The molecule has 4 heteroatoms. The zero-order chi connectivity index (χ0) is 6.41. The monoisotopic (exact) mass is 133 g/mol. The first-order valence-electron chi connectivity index (χ1n) is 1.97. The molecule has 1 amide bonds. The van der Waals surface area contributed by atoms with E-state index in [1.165, 1.54) is 0 Å². The maximum atomic E-state index is 9.82. The average Bonchev–Trinajstić information content (AvgIpc) is 1.66. The first kappa shape index (κ1) is 7.36. The summed E-state index contributed by atoms with van der Waals surface area (Å²) in [7, 11) is 0. The van der Waals surface area contributed by atoms with Crippen LogP contribution in [0.25, 0.3) is 0 Å². The summed E-state index contributed by atoms with van der Waals surface area (Å²) in [6, 6.07) is 0. The highest BCUT2D eigenvalue weighted by Crippen LogP contribution is 1.99. The summed E-state index contributed by atoms with van der Waals surface area (Å²) >= 11 is 0.969. The van der Waals surface area contributed by atoms with Crippen LogP contribution in [-0.2, 0) is 4.18 Å². The summed E-state index contributed by atoms with van der Waals surface area (Å²) in [4.78, 5) is 9.82. The minimum atomic E-state index is -0.767. The zero-order valence-electron chi connectivity index (χ0n) is 4.29. The molecule has 0 spiro atoms. The van der Waals surface area contributed by atoms with Crippen molar-refractivity contribution in [2.45, 2.75) is 0 Å². The molecule has 0 saturated heterocycles. The Morgan fingerprint density at radius 2 is 2.62 bits per heavy atom. The molecule has 46 valence electrons. The predicted octanol–water partition coefficient (Wildman–Crippen LogP) is 0.916. The largest absolute Gasteiger partial charge is 0.416 e. The Morgan fingerprint density at radius 1 is 2.00 bits per heavy atom. The van der Waals surface area contributed by atoms with Gasteiger partial charge in [-0.25, -0.2) is 4.79 Å². The molecule has 0 aromatic heterocycles. The highest BCUT2D eigenvalue weighted by Gasteiger charge is 1.89. The van der Waals surface area contributed by atoms with E-state index >= 15 is 0 Å². The van der Waals surface area contributed by atoms with Crippen molar-refractivity contribution in [3.05, 3.63) is 12.7 Å². The second-order valence-electron chi connectivity index (χ2n) is 0.976. The number of amides is 1. The highest BCUT2D eigenvalue weighted by atomic mass is 32.2. The second-order valence-corrected chi connectivity index (χ2v) is 1.71. The Bertz CT molecular complexity index is 94.0. The standard InChI is InChI=1S/C4H7NO2S/c1-2-3-8-7-4(5)6/h2H,1,3H2,(H2,5,6). The van der Waals surface area contributed by atoms with Gasteiger partial charge in [0.2, 0.25) is 0 Å². The zero-order valence-corrected chi connectivity index (χ0v) is 5.11. The van der Waals surface area contributed by atoms with E-state index in [0.29, 0.717) is 5.75 Å². The van der Waals surface area contributed by atoms with Crippen LogP contribution in [0.5, 0.6) is 0 Å². The minimum absolute atomic E-state index is 0.572. The van der Waals surface area contributed by atoms with E-state index in [1.54, 1.807) is 6.08 Å². The molecule has 3 nitrogen and oxygen atoms in total. The van der Waals surface area contributed by atoms with Gasteiger partial charge in [0, 0.05) is 5.75 Å². The van der Waals surface area contributed by atoms with E-state index in [-0.39, 0.29) is 0 Å². The van der Waals surface area contributed by atoms with Gasteiger partial charge in [0.1, 0.15) is 0 Å². The third kappa shape index (κ3) is 5.36. The molecule has 0 unspecified atom stereocenters. The lowest BCUT2D eigenvalue weighted by atomic mass is 10.8. The van der Waals surface area contributed by atoms with E-state index in [1.807, 2.05) is 0 Å². The van der Waals surface area contributed by atoms with Gasteiger partial charge in [0.15, 0.2) is 0 Å². The number of nitrogens with two attached hydrogens (primary N) is 1. The fraction of sp³-hybridized carbons (Fsp3) is 0.250. The topological polar surface area (TPSA) is 52.3 Å². The van der Waals surface area contributed by atoms with Gasteiger partial charge in [-0.1, -0.05) is 6.08 Å². The Hall–Kier alpha value is -0.640. The normalized spacial score (nSPS) is 8.00. The summed E-state index contributed by atoms with van der Waals surface area (Å²) in [5.41, 5.74) is 4.62. The molecule has 0 heterocycles. The SMILES string of the molecule is C=CCSOC(N)=O. The number of carbonyl (C=O) groups excluding carboxylic acids is 1. The molecule has 0 atom stereocenters. The molecule has 0 saturated carbocycles. The van der Waals surface area contributed by atoms with Crippen molar-refractivity contribution in [3.63, 3.8) is 0 Å². The molecule has 0 fully saturated rings. The maximum Gasteiger partial charge on any atom is 0.416 e. The van der Waals surface area contributed by atoms with Crippen LogP contribution < -0.4 is 5.73 Å². The molecule has 0 aliphatic rings. The first-order valence-corrected chi connectivity index (χ1v) is 2.88. The molecule has 0 bridgehead atoms. The van der Waals surface area contributed by atoms with E-state index < -0.39 is 6.09 Å². The van der Waals surface area contributed by atoms with E-state index in [4.69, 9.17) is 0 Å². The van der Waals surface area contributed by atoms with E-state index in [9.17, 15) is 4.79 Å². The lowest BCUT2D eigenvalue weighted by Gasteiger charge is -1.91. The fourth-order valence-electron chi connectivity index (χ4n) is 0.140. The molecule has 0 rings (SSSR count). The molecule has 0 radical (unpaired) electrons. The van der Waals surface area contributed by atoms with Gasteiger partial charge in [-0.05, 0) is 0 Å². The summed E-state index contributed by atoms with van der Waals surface area (Å²) in [6.07, 6.45) is 0.852. The van der Waals surface area contributed by atoms with Crippen LogP contribution in [0, 0.1) is 0 Å². The van der Waals surface area contributed by atoms with Crippen molar-refractivity contribution in [2.24, 2.45) is 5.73 Å². The van der Waals surface area contributed by atoms with Crippen LogP contribution in [0.4, 0.5) is 4.79 Å². The number of rotatable bonds is 3. The van der Waals surface area contributed by atoms with Gasteiger partial charge in [-0.3, -0.25) is 0 Å². The Morgan fingerprint density at radius 3 is 3.00 bits per heavy atom. The molecule has 8 heavy (non-hydrogen) atoms. The molecular formula is C4H7NO2S. The Balaban J connectivity index is 2.93. The van der Waals surface area contributed by atoms with Crippen LogP contribution in [0.2, 0.25) is 0 Å². The van der Waals surface area contributed by atoms with Crippen LogP contribution in [-0.4, -0.2) is 11.8 Å². The highest BCUT2D eigenvalue weighted by molar-refractivity contribution is 7.95. The number of carbonyl (C=O) groups is 1. The third-order valence-corrected chi connectivity index (χ3v) is 0.981. The fourth-order valence-corrected chi connectivity index (χ4v) is 0.421. The molecule has 0 aromatic carbocycles. The first-order chi connectivity index (χ1) is 3.77. The molecule has 0 aliphatic heterocycles. The molecule has 0 aromatic rings. The summed E-state index contributed by atoms with van der Waals surface area (Å²) in [5.74, 6) is 0.572. The van der Waals surface area contributed by atoms with Crippen molar-refractivity contribution < 1.29 is 8.98 Å². The van der Waals surface area contributed by atoms with Crippen LogP contribution in [0.1, 0.15) is 0 Å². The minimum Gasteiger partial charge on any atom is -0.375 e. The number of hydrogen-bond donors (Lipinski definition) is 1. The number of primary amides is 1. The number of hydrogen-bond acceptors (Lipinski definition) is 3. The van der Waals surface area contributed by atoms with Gasteiger partial charge < -0.3 is 9.92 Å². The van der Waals surface area contributed by atoms with Crippen LogP contribution in [0.15, 0.2) is 12.7 Å². The van der Waals surface area contributed by atoms with Crippen molar-refractivity contribution in [1.29, 1.82) is 0 Å². The lowest BCUT2D eigenvalue weighted by molar-refractivity contribution is 0.218. The van der Waals surface area contributed by atoms with Crippen molar-refractivity contribution in [2.75, 3.05) is 5.75 Å². The van der Waals surface area contributed by atoms with Crippen molar-refractivity contribution in [1.82, 2.24) is 0 Å². The van der Waals surface area contributed by atoms with Gasteiger partial charge in [-0.15, -0.1) is 6.58 Å². The van der Waals surface area contributed by atoms with Crippen LogP contribution in [0.3, 0.4) is 0 Å². The van der Waals surface area contributed by atoms with Crippen molar-refractivity contribution >= 4 is 18.1 Å². The third-order valence-electron chi connectivity index (χ3n) is 0.327. The Kier molecular flexibility index (Phi) is 4.16. The smallest absolute Gasteiger partial charge is 0.375 e. The van der Waals surface area contributed by atoms with Crippen molar-refractivity contribution in [3.8, 4) is 0 Å². The van der Waals surface area contributed by atoms with Gasteiger partial charge in [-0.2, -0.15) is 0 Å². The van der Waals surface area contributed by atoms with Gasteiger partial charge >= 0.3 is 6.09 Å². The van der Waals surface area contributed by atoms with Gasteiger partial charge in [0.05, 0.1) is 12.0 Å². The summed E-state index contributed by atoms with van der Waals surface area (Å²) in [5, 5.41) is 0. The Labute approximate surface area is 52.1 Å².